The summed E-state index contributed by atoms with van der Waals surface area (Å²) in [6.45, 7) is 0.248. The summed E-state index contributed by atoms with van der Waals surface area (Å²) in [5, 5.41) is 8.81. The lowest BCUT2D eigenvalue weighted by atomic mass is 10.1. The van der Waals surface area contributed by atoms with Crippen molar-refractivity contribution in [3.05, 3.63) is 117 Å². The van der Waals surface area contributed by atoms with Crippen LogP contribution in [0.3, 0.4) is 0 Å². The third-order valence-corrected chi connectivity index (χ3v) is 5.59. The topological polar surface area (TPSA) is 136 Å². The zero-order valence-electron chi connectivity index (χ0n) is 18.9. The van der Waals surface area contributed by atoms with E-state index in [1.165, 1.54) is 10.6 Å². The van der Waals surface area contributed by atoms with Crippen LogP contribution in [0.15, 0.2) is 89.0 Å². The molecule has 0 spiro atoms. The zero-order valence-corrected chi connectivity index (χ0v) is 18.9. The number of imidazole rings is 1. The highest BCUT2D eigenvalue weighted by molar-refractivity contribution is 5.85. The van der Waals surface area contributed by atoms with Crippen LogP contribution in [-0.4, -0.2) is 40.1 Å². The number of aromatic amines is 1. The molecule has 0 aliphatic rings. The lowest BCUT2D eigenvalue weighted by molar-refractivity contribution is -0.131. The van der Waals surface area contributed by atoms with Crippen LogP contribution in [0, 0.1) is 0 Å². The van der Waals surface area contributed by atoms with Gasteiger partial charge < -0.3 is 10.1 Å². The van der Waals surface area contributed by atoms with Gasteiger partial charge in [-0.25, -0.2) is 14.6 Å². The number of nitrogens with one attached hydrogen (secondary N) is 1. The third kappa shape index (κ3) is 4.60. The quantitative estimate of drug-likeness (QED) is 0.342. The van der Waals surface area contributed by atoms with Crippen LogP contribution in [0.4, 0.5) is 0 Å². The van der Waals surface area contributed by atoms with Crippen molar-refractivity contribution < 1.29 is 9.90 Å². The number of fused-ring (bicyclic) bond motifs is 1. The van der Waals surface area contributed by atoms with E-state index >= 15 is 0 Å². The van der Waals surface area contributed by atoms with Crippen molar-refractivity contribution in [1.29, 1.82) is 0 Å². The molecule has 10 heteroatoms. The molecule has 0 saturated heterocycles. The number of aromatic nitrogens is 6. The predicted octanol–water partition coefficient (Wildman–Crippen LogP) is 2.54. The summed E-state index contributed by atoms with van der Waals surface area (Å²) in [6, 6.07) is 14.2. The molecular weight excluding hydrogens is 460 g/mol. The SMILES string of the molecule is O=C(O)/C=C/c1ccc(-c2nc3c(=O)n(Cc4cccnc4)c(=O)n(Cc4cccnc4)c3[nH]2)cc1. The first-order valence-electron chi connectivity index (χ1n) is 11.0. The van der Waals surface area contributed by atoms with Gasteiger partial charge in [0, 0.05) is 36.4 Å². The maximum Gasteiger partial charge on any atom is 0.333 e. The first-order chi connectivity index (χ1) is 17.5. The molecule has 5 rings (SSSR count). The van der Waals surface area contributed by atoms with Crippen LogP contribution in [0.1, 0.15) is 16.7 Å². The largest absolute Gasteiger partial charge is 0.478 e. The molecule has 36 heavy (non-hydrogen) atoms. The van der Waals surface area contributed by atoms with Crippen molar-refractivity contribution in [1.82, 2.24) is 29.1 Å². The highest BCUT2D eigenvalue weighted by Crippen LogP contribution is 2.20. The van der Waals surface area contributed by atoms with E-state index in [9.17, 15) is 14.4 Å². The normalized spacial score (nSPS) is 11.3. The van der Waals surface area contributed by atoms with Crippen molar-refractivity contribution in [2.24, 2.45) is 0 Å². The van der Waals surface area contributed by atoms with Gasteiger partial charge in [0.2, 0.25) is 0 Å². The first-order valence-corrected chi connectivity index (χ1v) is 11.0. The molecule has 0 fully saturated rings. The van der Waals surface area contributed by atoms with E-state index in [2.05, 4.69) is 19.9 Å². The van der Waals surface area contributed by atoms with Gasteiger partial charge in [-0.05, 0) is 34.9 Å². The number of carboxylic acid groups (broad SMARTS) is 1. The molecule has 0 radical (unpaired) electrons. The fraction of sp³-hybridized carbons (Fsp3) is 0.0769. The Morgan fingerprint density at radius 2 is 1.56 bits per heavy atom. The highest BCUT2D eigenvalue weighted by Gasteiger charge is 2.19. The van der Waals surface area contributed by atoms with E-state index in [0.717, 1.165) is 16.2 Å². The number of benzene rings is 1. The number of nitrogens with zero attached hydrogens (tertiary/aromatic N) is 5. The first kappa shape index (κ1) is 22.7. The zero-order chi connectivity index (χ0) is 25.1. The molecular formula is C26H20N6O4. The van der Waals surface area contributed by atoms with Crippen LogP contribution in [0.25, 0.3) is 28.6 Å². The summed E-state index contributed by atoms with van der Waals surface area (Å²) in [6.07, 6.45) is 9.08. The van der Waals surface area contributed by atoms with Gasteiger partial charge >= 0.3 is 11.7 Å². The summed E-state index contributed by atoms with van der Waals surface area (Å²) in [5.74, 6) is -0.625. The molecule has 4 aromatic heterocycles. The van der Waals surface area contributed by atoms with E-state index in [-0.39, 0.29) is 18.6 Å². The molecule has 4 heterocycles. The number of carbonyl (C=O) groups is 1. The summed E-state index contributed by atoms with van der Waals surface area (Å²) < 4.78 is 2.63. The number of hydrogen-bond acceptors (Lipinski definition) is 6. The van der Waals surface area contributed by atoms with Gasteiger partial charge in [0.1, 0.15) is 11.5 Å². The monoisotopic (exact) mass is 480 g/mol. The van der Waals surface area contributed by atoms with Crippen molar-refractivity contribution in [2.75, 3.05) is 0 Å². The molecule has 0 saturated carbocycles. The van der Waals surface area contributed by atoms with Gasteiger partial charge in [-0.1, -0.05) is 36.4 Å². The van der Waals surface area contributed by atoms with Crippen molar-refractivity contribution >= 4 is 23.2 Å². The van der Waals surface area contributed by atoms with Crippen LogP contribution in [-0.2, 0) is 17.9 Å². The lowest BCUT2D eigenvalue weighted by Crippen LogP contribution is -2.40. The van der Waals surface area contributed by atoms with Crippen molar-refractivity contribution in [2.45, 2.75) is 13.1 Å². The summed E-state index contributed by atoms with van der Waals surface area (Å²) >= 11 is 0. The van der Waals surface area contributed by atoms with Gasteiger partial charge in [-0.2, -0.15) is 0 Å². The maximum absolute atomic E-state index is 13.5. The van der Waals surface area contributed by atoms with Gasteiger partial charge in [0.05, 0.1) is 13.1 Å². The number of pyridine rings is 2. The molecule has 2 N–H and O–H groups in total. The molecule has 1 aromatic carbocycles. The van der Waals surface area contributed by atoms with Crippen LogP contribution >= 0.6 is 0 Å². The Kier molecular flexibility index (Phi) is 6.06. The highest BCUT2D eigenvalue weighted by atomic mass is 16.4. The van der Waals surface area contributed by atoms with E-state index in [1.54, 1.807) is 67.3 Å². The molecule has 0 aliphatic heterocycles. The Labute approximate surface area is 203 Å². The minimum Gasteiger partial charge on any atom is -0.478 e. The van der Waals surface area contributed by atoms with Gasteiger partial charge in [0.15, 0.2) is 5.52 Å². The van der Waals surface area contributed by atoms with Crippen LogP contribution < -0.4 is 11.2 Å². The molecule has 5 aromatic rings. The lowest BCUT2D eigenvalue weighted by Gasteiger charge is -2.11. The molecule has 0 atom stereocenters. The van der Waals surface area contributed by atoms with Gasteiger partial charge in [0.25, 0.3) is 5.56 Å². The predicted molar refractivity (Wildman–Crippen MR) is 133 cm³/mol. The fourth-order valence-corrected chi connectivity index (χ4v) is 3.86. The van der Waals surface area contributed by atoms with Crippen molar-refractivity contribution in [3.63, 3.8) is 0 Å². The molecule has 0 amide bonds. The second-order valence-corrected chi connectivity index (χ2v) is 8.06. The van der Waals surface area contributed by atoms with Crippen LogP contribution in [0.2, 0.25) is 0 Å². The van der Waals surface area contributed by atoms with Gasteiger partial charge in [-0.15, -0.1) is 0 Å². The van der Waals surface area contributed by atoms with Gasteiger partial charge in [-0.3, -0.25) is 23.9 Å². The molecule has 178 valence electrons. The third-order valence-electron chi connectivity index (χ3n) is 5.59. The van der Waals surface area contributed by atoms with E-state index in [1.807, 2.05) is 6.07 Å². The van der Waals surface area contributed by atoms with E-state index < -0.39 is 17.2 Å². The molecule has 0 aliphatic carbocycles. The number of hydrogen-bond donors (Lipinski definition) is 2. The summed E-state index contributed by atoms with van der Waals surface area (Å²) in [7, 11) is 0. The Balaban J connectivity index is 1.64. The standard InChI is InChI=1S/C26H20N6O4/c33-21(34)10-7-17-5-8-20(9-6-17)23-29-22-24(30-23)31(15-18-3-1-11-27-13-18)26(36)32(25(22)35)16-19-4-2-12-28-14-19/h1-14H,15-16H2,(H,29,30)(H,33,34)/b10-7+. The Bertz CT molecular complexity index is 1680. The summed E-state index contributed by atoms with van der Waals surface area (Å²) in [5.41, 5.74) is 2.33. The minimum atomic E-state index is -1.04. The van der Waals surface area contributed by atoms with Crippen molar-refractivity contribution in [3.8, 4) is 11.4 Å². The fourth-order valence-electron chi connectivity index (χ4n) is 3.86. The molecule has 0 bridgehead atoms. The molecule has 0 unspecified atom stereocenters. The summed E-state index contributed by atoms with van der Waals surface area (Å²) in [4.78, 5) is 53.5. The smallest absolute Gasteiger partial charge is 0.333 e. The number of carboxylic acids is 1. The maximum atomic E-state index is 13.5. The number of H-pyrrole nitrogens is 1. The van der Waals surface area contributed by atoms with E-state index in [0.29, 0.717) is 28.2 Å². The Morgan fingerprint density at radius 3 is 2.14 bits per heavy atom. The average molecular weight is 480 g/mol. The second-order valence-electron chi connectivity index (χ2n) is 8.06. The Hall–Kier alpha value is -5.12. The van der Waals surface area contributed by atoms with Crippen LogP contribution in [0.5, 0.6) is 0 Å². The average Bonchev–Trinajstić information content (AvgIpc) is 3.35. The minimum absolute atomic E-state index is 0.0568. The van der Waals surface area contributed by atoms with E-state index in [4.69, 9.17) is 5.11 Å². The number of rotatable bonds is 7. The Morgan fingerprint density at radius 1 is 0.917 bits per heavy atom. The second kappa shape index (κ2) is 9.63. The number of aliphatic carboxylic acids is 1. The molecule has 10 nitrogen and oxygen atoms in total.